The summed E-state index contributed by atoms with van der Waals surface area (Å²) in [6.45, 7) is 1.95. The summed E-state index contributed by atoms with van der Waals surface area (Å²) in [5, 5.41) is 10.1. The van der Waals surface area contributed by atoms with E-state index in [1.807, 2.05) is 43.3 Å². The first-order valence-electron chi connectivity index (χ1n) is 4.92. The van der Waals surface area contributed by atoms with E-state index in [1.54, 1.807) is 12.4 Å². The highest BCUT2D eigenvalue weighted by Crippen LogP contribution is 2.23. The number of aliphatic hydroxyl groups is 1. The molecule has 2 nitrogen and oxygen atoms in total. The summed E-state index contributed by atoms with van der Waals surface area (Å²) >= 11 is 0. The zero-order valence-electron chi connectivity index (χ0n) is 8.59. The van der Waals surface area contributed by atoms with Crippen molar-refractivity contribution in [3.63, 3.8) is 0 Å². The van der Waals surface area contributed by atoms with Crippen LogP contribution in [0.2, 0.25) is 0 Å². The summed E-state index contributed by atoms with van der Waals surface area (Å²) in [6, 6.07) is 11.5. The van der Waals surface area contributed by atoms with Gasteiger partial charge in [0.1, 0.15) is 6.10 Å². The number of aryl methyl sites for hydroxylation is 1. The third-order valence-corrected chi connectivity index (χ3v) is 2.47. The van der Waals surface area contributed by atoms with E-state index in [0.717, 1.165) is 16.7 Å². The Balaban J connectivity index is 2.37. The third-order valence-electron chi connectivity index (χ3n) is 2.47. The lowest BCUT2D eigenvalue weighted by Crippen LogP contribution is -2.01. The van der Waals surface area contributed by atoms with E-state index < -0.39 is 6.10 Å². The standard InChI is InChI=1S/C13H13NO/c1-10-9-14-8-7-12(10)13(15)11-5-3-2-4-6-11/h2-9,13,15H,1H3/t13-/m0/s1. The fraction of sp³-hybridized carbons (Fsp3) is 0.154. The Morgan fingerprint density at radius 3 is 2.53 bits per heavy atom. The molecule has 2 heteroatoms. The highest BCUT2D eigenvalue weighted by Gasteiger charge is 2.11. The monoisotopic (exact) mass is 199 g/mol. The van der Waals surface area contributed by atoms with E-state index in [0.29, 0.717) is 0 Å². The maximum Gasteiger partial charge on any atom is 0.104 e. The van der Waals surface area contributed by atoms with Gasteiger partial charge in [0.2, 0.25) is 0 Å². The van der Waals surface area contributed by atoms with Gasteiger partial charge >= 0.3 is 0 Å². The van der Waals surface area contributed by atoms with Crippen molar-refractivity contribution in [3.8, 4) is 0 Å². The molecule has 0 aliphatic rings. The molecule has 1 atom stereocenters. The maximum absolute atomic E-state index is 10.1. The van der Waals surface area contributed by atoms with E-state index in [2.05, 4.69) is 4.98 Å². The van der Waals surface area contributed by atoms with Gasteiger partial charge in [-0.1, -0.05) is 30.3 Å². The van der Waals surface area contributed by atoms with Crippen molar-refractivity contribution in [1.82, 2.24) is 4.98 Å². The van der Waals surface area contributed by atoms with Crippen molar-refractivity contribution >= 4 is 0 Å². The summed E-state index contributed by atoms with van der Waals surface area (Å²) < 4.78 is 0. The molecule has 76 valence electrons. The molecule has 0 aliphatic heterocycles. The van der Waals surface area contributed by atoms with E-state index in [-0.39, 0.29) is 0 Å². The Morgan fingerprint density at radius 1 is 1.13 bits per heavy atom. The molecule has 0 unspecified atom stereocenters. The first-order chi connectivity index (χ1) is 7.29. The van der Waals surface area contributed by atoms with E-state index in [4.69, 9.17) is 0 Å². The van der Waals surface area contributed by atoms with Crippen molar-refractivity contribution < 1.29 is 5.11 Å². The first kappa shape index (κ1) is 9.87. The van der Waals surface area contributed by atoms with Gasteiger partial charge in [-0.2, -0.15) is 0 Å². The van der Waals surface area contributed by atoms with Crippen molar-refractivity contribution in [2.45, 2.75) is 13.0 Å². The Bertz CT molecular complexity index is 439. The molecule has 0 spiro atoms. The van der Waals surface area contributed by atoms with Crippen molar-refractivity contribution in [3.05, 3.63) is 65.5 Å². The number of pyridine rings is 1. The molecule has 0 fully saturated rings. The lowest BCUT2D eigenvalue weighted by Gasteiger charge is -2.13. The van der Waals surface area contributed by atoms with Gasteiger partial charge in [-0.05, 0) is 29.7 Å². The van der Waals surface area contributed by atoms with Gasteiger partial charge in [-0.3, -0.25) is 4.98 Å². The minimum absolute atomic E-state index is 0.561. The third kappa shape index (κ3) is 2.05. The van der Waals surface area contributed by atoms with Gasteiger partial charge in [0.05, 0.1) is 0 Å². The fourth-order valence-corrected chi connectivity index (χ4v) is 1.61. The minimum atomic E-state index is -0.561. The zero-order valence-corrected chi connectivity index (χ0v) is 8.59. The lowest BCUT2D eigenvalue weighted by molar-refractivity contribution is 0.219. The summed E-state index contributed by atoms with van der Waals surface area (Å²) in [6.07, 6.45) is 2.91. The van der Waals surface area contributed by atoms with Crippen LogP contribution in [0.5, 0.6) is 0 Å². The molecule has 1 heterocycles. The molecule has 0 aliphatic carbocycles. The average Bonchev–Trinajstić information content (AvgIpc) is 2.30. The molecule has 0 amide bonds. The number of rotatable bonds is 2. The molecule has 0 saturated carbocycles. The molecule has 1 aromatic heterocycles. The zero-order chi connectivity index (χ0) is 10.7. The topological polar surface area (TPSA) is 33.1 Å². The van der Waals surface area contributed by atoms with Crippen molar-refractivity contribution in [2.75, 3.05) is 0 Å². The van der Waals surface area contributed by atoms with Gasteiger partial charge in [-0.25, -0.2) is 0 Å². The van der Waals surface area contributed by atoms with Crippen molar-refractivity contribution in [1.29, 1.82) is 0 Å². The van der Waals surface area contributed by atoms with Crippen LogP contribution in [0.1, 0.15) is 22.8 Å². The van der Waals surface area contributed by atoms with Crippen LogP contribution >= 0.6 is 0 Å². The number of nitrogens with zero attached hydrogens (tertiary/aromatic N) is 1. The Hall–Kier alpha value is -1.67. The van der Waals surface area contributed by atoms with Gasteiger partial charge in [0.15, 0.2) is 0 Å². The molecule has 0 bridgehead atoms. The first-order valence-corrected chi connectivity index (χ1v) is 4.92. The molecule has 0 saturated heterocycles. The van der Waals surface area contributed by atoms with Gasteiger partial charge in [0, 0.05) is 12.4 Å². The molecular formula is C13H13NO. The summed E-state index contributed by atoms with van der Waals surface area (Å²) in [5.74, 6) is 0. The molecular weight excluding hydrogens is 186 g/mol. The number of hydrogen-bond acceptors (Lipinski definition) is 2. The van der Waals surface area contributed by atoms with Gasteiger partial charge < -0.3 is 5.11 Å². The SMILES string of the molecule is Cc1cnccc1[C@@H](O)c1ccccc1. The van der Waals surface area contributed by atoms with E-state index in [1.165, 1.54) is 0 Å². The van der Waals surface area contributed by atoms with E-state index in [9.17, 15) is 5.11 Å². The Kier molecular flexibility index (Phi) is 2.79. The highest BCUT2D eigenvalue weighted by atomic mass is 16.3. The van der Waals surface area contributed by atoms with Crippen LogP contribution in [0, 0.1) is 6.92 Å². The molecule has 2 aromatic rings. The van der Waals surface area contributed by atoms with Crippen LogP contribution in [0.3, 0.4) is 0 Å². The minimum Gasteiger partial charge on any atom is -0.384 e. The van der Waals surface area contributed by atoms with Crippen LogP contribution in [-0.4, -0.2) is 10.1 Å². The fourth-order valence-electron chi connectivity index (χ4n) is 1.61. The lowest BCUT2D eigenvalue weighted by atomic mass is 9.99. The van der Waals surface area contributed by atoms with Crippen LogP contribution in [0.25, 0.3) is 0 Å². The second-order valence-electron chi connectivity index (χ2n) is 3.55. The molecule has 15 heavy (non-hydrogen) atoms. The number of hydrogen-bond donors (Lipinski definition) is 1. The van der Waals surface area contributed by atoms with Crippen LogP contribution in [-0.2, 0) is 0 Å². The predicted octanol–water partition coefficient (Wildman–Crippen LogP) is 2.47. The number of benzene rings is 1. The van der Waals surface area contributed by atoms with Crippen LogP contribution in [0.15, 0.2) is 48.8 Å². The quantitative estimate of drug-likeness (QED) is 0.806. The number of aliphatic hydroxyl groups excluding tert-OH is 1. The maximum atomic E-state index is 10.1. The molecule has 2 rings (SSSR count). The smallest absolute Gasteiger partial charge is 0.104 e. The predicted molar refractivity (Wildman–Crippen MR) is 59.5 cm³/mol. The average molecular weight is 199 g/mol. The van der Waals surface area contributed by atoms with Crippen LogP contribution in [0.4, 0.5) is 0 Å². The Labute approximate surface area is 89.2 Å². The largest absolute Gasteiger partial charge is 0.384 e. The second kappa shape index (κ2) is 4.24. The molecule has 1 aromatic carbocycles. The number of aromatic nitrogens is 1. The highest BCUT2D eigenvalue weighted by molar-refractivity contribution is 5.32. The van der Waals surface area contributed by atoms with E-state index >= 15 is 0 Å². The molecule has 0 radical (unpaired) electrons. The van der Waals surface area contributed by atoms with Crippen molar-refractivity contribution in [2.24, 2.45) is 0 Å². The molecule has 1 N–H and O–H groups in total. The van der Waals surface area contributed by atoms with Gasteiger partial charge in [-0.15, -0.1) is 0 Å². The summed E-state index contributed by atoms with van der Waals surface area (Å²) in [5.41, 5.74) is 2.83. The normalized spacial score (nSPS) is 12.4. The second-order valence-corrected chi connectivity index (χ2v) is 3.55. The van der Waals surface area contributed by atoms with Crippen LogP contribution < -0.4 is 0 Å². The Morgan fingerprint density at radius 2 is 1.87 bits per heavy atom. The summed E-state index contributed by atoms with van der Waals surface area (Å²) in [4.78, 5) is 4.01. The summed E-state index contributed by atoms with van der Waals surface area (Å²) in [7, 11) is 0. The van der Waals surface area contributed by atoms with Gasteiger partial charge in [0.25, 0.3) is 0 Å².